The van der Waals surface area contributed by atoms with E-state index in [4.69, 9.17) is 0 Å². The lowest BCUT2D eigenvalue weighted by atomic mass is 10.4. The molecule has 1 aliphatic rings. The highest BCUT2D eigenvalue weighted by Crippen LogP contribution is 1.89. The number of nitrogens with zero attached hydrogens (tertiary/aromatic N) is 1. The van der Waals surface area contributed by atoms with Gasteiger partial charge >= 0.3 is 0 Å². The molecule has 0 aromatic carbocycles. The standard InChI is InChI=1S/C4H9N2O/c7-6-3-1-2-5-4-6/h5H,1-4H2. The first-order valence-corrected chi connectivity index (χ1v) is 2.52. The number of hydrogen-bond acceptors (Lipinski definition) is 2. The first-order valence-electron chi connectivity index (χ1n) is 2.52. The summed E-state index contributed by atoms with van der Waals surface area (Å²) in [5, 5.41) is 14.3. The molecule has 0 bridgehead atoms. The minimum atomic E-state index is 0.514. The summed E-state index contributed by atoms with van der Waals surface area (Å²) in [6.45, 7) is 2.21. The molecule has 0 atom stereocenters. The molecule has 41 valence electrons. The second kappa shape index (κ2) is 2.26. The summed E-state index contributed by atoms with van der Waals surface area (Å²) in [5.41, 5.74) is 0. The molecular weight excluding hydrogens is 92.1 g/mol. The number of nitrogens with one attached hydrogen (secondary N) is 1. The van der Waals surface area contributed by atoms with E-state index in [1.54, 1.807) is 0 Å². The summed E-state index contributed by atoms with van der Waals surface area (Å²) < 4.78 is 0. The van der Waals surface area contributed by atoms with Gasteiger partial charge in [-0.1, -0.05) is 0 Å². The van der Waals surface area contributed by atoms with E-state index in [0.29, 0.717) is 13.2 Å². The second-order valence-electron chi connectivity index (χ2n) is 1.72. The third kappa shape index (κ3) is 1.43. The Labute approximate surface area is 42.9 Å². The third-order valence-electron chi connectivity index (χ3n) is 1.05. The summed E-state index contributed by atoms with van der Waals surface area (Å²) >= 11 is 0. The van der Waals surface area contributed by atoms with Gasteiger partial charge in [0.25, 0.3) is 0 Å². The Kier molecular flexibility index (Phi) is 1.62. The zero-order valence-electron chi connectivity index (χ0n) is 4.18. The summed E-state index contributed by atoms with van der Waals surface area (Å²) in [6, 6.07) is 0. The Morgan fingerprint density at radius 3 is 2.71 bits per heavy atom. The summed E-state index contributed by atoms with van der Waals surface area (Å²) in [7, 11) is 0. The van der Waals surface area contributed by atoms with E-state index in [1.165, 1.54) is 0 Å². The third-order valence-corrected chi connectivity index (χ3v) is 1.05. The molecule has 1 radical (unpaired) electrons. The maximum absolute atomic E-state index is 10.3. The van der Waals surface area contributed by atoms with Crippen LogP contribution < -0.4 is 5.32 Å². The first-order chi connectivity index (χ1) is 3.39. The van der Waals surface area contributed by atoms with E-state index in [-0.39, 0.29) is 0 Å². The molecule has 0 aliphatic carbocycles. The topological polar surface area (TPSA) is 35.2 Å². The van der Waals surface area contributed by atoms with Crippen LogP contribution in [0, 0.1) is 0 Å². The van der Waals surface area contributed by atoms with Gasteiger partial charge in [0.05, 0.1) is 6.67 Å². The Balaban J connectivity index is 2.12. The fourth-order valence-corrected chi connectivity index (χ4v) is 0.663. The fraction of sp³-hybridized carbons (Fsp3) is 1.00. The highest BCUT2D eigenvalue weighted by atomic mass is 16.5. The van der Waals surface area contributed by atoms with Gasteiger partial charge in [-0.2, -0.15) is 0 Å². The molecule has 0 spiro atoms. The normalized spacial score (nSPS) is 25.3. The van der Waals surface area contributed by atoms with Gasteiger partial charge in [0.15, 0.2) is 0 Å². The quantitative estimate of drug-likeness (QED) is 0.450. The van der Waals surface area contributed by atoms with E-state index in [0.717, 1.165) is 18.0 Å². The van der Waals surface area contributed by atoms with Crippen LogP contribution in [0.3, 0.4) is 0 Å². The molecule has 0 aromatic heterocycles. The molecule has 0 saturated carbocycles. The Morgan fingerprint density at radius 2 is 2.43 bits per heavy atom. The molecule has 1 fully saturated rings. The number of rotatable bonds is 0. The zero-order valence-corrected chi connectivity index (χ0v) is 4.18. The van der Waals surface area contributed by atoms with Gasteiger partial charge in [0.1, 0.15) is 0 Å². The average Bonchev–Trinajstić information content (AvgIpc) is 1.69. The molecule has 3 nitrogen and oxygen atoms in total. The lowest BCUT2D eigenvalue weighted by Gasteiger charge is -2.17. The van der Waals surface area contributed by atoms with Crippen LogP contribution in [0.1, 0.15) is 6.42 Å². The van der Waals surface area contributed by atoms with Crippen LogP contribution >= 0.6 is 0 Å². The monoisotopic (exact) mass is 101 g/mol. The summed E-state index contributed by atoms with van der Waals surface area (Å²) in [6.07, 6.45) is 0.990. The van der Waals surface area contributed by atoms with Crippen molar-refractivity contribution in [2.45, 2.75) is 6.42 Å². The van der Waals surface area contributed by atoms with Gasteiger partial charge in [-0.15, -0.1) is 10.3 Å². The van der Waals surface area contributed by atoms with Crippen LogP contribution in [0.25, 0.3) is 0 Å². The highest BCUT2D eigenvalue weighted by Gasteiger charge is 2.04. The zero-order chi connectivity index (χ0) is 5.11. The molecule has 0 unspecified atom stereocenters. The van der Waals surface area contributed by atoms with Crippen LogP contribution in [-0.4, -0.2) is 24.8 Å². The van der Waals surface area contributed by atoms with Gasteiger partial charge in [-0.25, -0.2) is 0 Å². The van der Waals surface area contributed by atoms with E-state index in [9.17, 15) is 5.21 Å². The number of hydrogen-bond donors (Lipinski definition) is 1. The molecule has 1 heterocycles. The van der Waals surface area contributed by atoms with Gasteiger partial charge in [-0.05, 0) is 13.0 Å². The van der Waals surface area contributed by atoms with Gasteiger partial charge in [0.2, 0.25) is 0 Å². The SMILES string of the molecule is [O]N1CCCNC1. The van der Waals surface area contributed by atoms with Crippen molar-refractivity contribution in [1.82, 2.24) is 10.4 Å². The highest BCUT2D eigenvalue weighted by molar-refractivity contribution is 4.53. The molecule has 1 saturated heterocycles. The molecule has 1 rings (SSSR count). The van der Waals surface area contributed by atoms with Crippen LogP contribution in [0.15, 0.2) is 0 Å². The molecule has 0 aromatic rings. The van der Waals surface area contributed by atoms with Crippen molar-refractivity contribution in [3.8, 4) is 0 Å². The van der Waals surface area contributed by atoms with Crippen LogP contribution in [-0.2, 0) is 5.21 Å². The maximum Gasteiger partial charge on any atom is 0.0762 e. The molecule has 1 N–H and O–H groups in total. The molecular formula is C4H9N2O. The second-order valence-corrected chi connectivity index (χ2v) is 1.72. The first kappa shape index (κ1) is 5.03. The van der Waals surface area contributed by atoms with Crippen molar-refractivity contribution in [2.75, 3.05) is 19.8 Å². The molecule has 1 aliphatic heterocycles. The van der Waals surface area contributed by atoms with E-state index >= 15 is 0 Å². The van der Waals surface area contributed by atoms with Crippen LogP contribution in [0.4, 0.5) is 0 Å². The maximum atomic E-state index is 10.3. The molecule has 7 heavy (non-hydrogen) atoms. The summed E-state index contributed by atoms with van der Waals surface area (Å²) in [4.78, 5) is 0. The summed E-state index contributed by atoms with van der Waals surface area (Å²) in [5.74, 6) is 0. The van der Waals surface area contributed by atoms with Crippen LogP contribution in [0.2, 0.25) is 0 Å². The Morgan fingerprint density at radius 1 is 1.57 bits per heavy atom. The van der Waals surface area contributed by atoms with E-state index in [1.807, 2.05) is 0 Å². The predicted octanol–water partition coefficient (Wildman–Crippen LogP) is -0.415. The molecule has 3 heteroatoms. The largest absolute Gasteiger partial charge is 0.302 e. The van der Waals surface area contributed by atoms with Gasteiger partial charge in [-0.3, -0.25) is 0 Å². The number of hydroxylamine groups is 2. The van der Waals surface area contributed by atoms with Crippen molar-refractivity contribution in [3.63, 3.8) is 0 Å². The van der Waals surface area contributed by atoms with Gasteiger partial charge < -0.3 is 5.32 Å². The molecule has 0 amide bonds. The van der Waals surface area contributed by atoms with Crippen molar-refractivity contribution < 1.29 is 5.21 Å². The van der Waals surface area contributed by atoms with Gasteiger partial charge in [0, 0.05) is 6.54 Å². The van der Waals surface area contributed by atoms with E-state index < -0.39 is 0 Å². The van der Waals surface area contributed by atoms with E-state index in [2.05, 4.69) is 5.32 Å². The predicted molar refractivity (Wildman–Crippen MR) is 24.9 cm³/mol. The fourth-order valence-electron chi connectivity index (χ4n) is 0.663. The lowest BCUT2D eigenvalue weighted by molar-refractivity contribution is -0.170. The Hall–Kier alpha value is -0.120. The Bertz CT molecular complexity index is 51.7. The smallest absolute Gasteiger partial charge is 0.0762 e. The minimum absolute atomic E-state index is 0.514. The minimum Gasteiger partial charge on any atom is -0.302 e. The van der Waals surface area contributed by atoms with Crippen molar-refractivity contribution >= 4 is 0 Å². The van der Waals surface area contributed by atoms with Crippen molar-refractivity contribution in [1.29, 1.82) is 0 Å². The van der Waals surface area contributed by atoms with Crippen LogP contribution in [0.5, 0.6) is 0 Å². The van der Waals surface area contributed by atoms with Crippen molar-refractivity contribution in [2.24, 2.45) is 0 Å². The average molecular weight is 101 g/mol. The van der Waals surface area contributed by atoms with Crippen molar-refractivity contribution in [3.05, 3.63) is 0 Å². The lowest BCUT2D eigenvalue weighted by Crippen LogP contribution is -2.38.